The molecule has 19 heavy (non-hydrogen) atoms. The first-order chi connectivity index (χ1) is 8.99. The van der Waals surface area contributed by atoms with E-state index in [4.69, 9.17) is 0 Å². The zero-order valence-corrected chi connectivity index (χ0v) is 12.8. The largest absolute Gasteiger partial charge is 0.207 e. The van der Waals surface area contributed by atoms with Gasteiger partial charge in [-0.2, -0.15) is 0 Å². The topological polar surface area (TPSA) is 0 Å². The molecule has 0 spiro atoms. The molecule has 0 amide bonds. The third kappa shape index (κ3) is 3.39. The molecule has 0 radical (unpaired) electrons. The van der Waals surface area contributed by atoms with Crippen LogP contribution in [0.15, 0.2) is 40.9 Å². The number of hydrogen-bond donors (Lipinski definition) is 0. The standard InChI is InChI=1S/C14H9Br2F3/c15-10(5-8-3-1-2-4-12(8)17)9-6-14(19)11(16)7-13(9)18/h1-4,6-7,10H,5H2. The van der Waals surface area contributed by atoms with Gasteiger partial charge < -0.3 is 0 Å². The number of rotatable bonds is 3. The van der Waals surface area contributed by atoms with Crippen molar-refractivity contribution in [2.45, 2.75) is 11.2 Å². The van der Waals surface area contributed by atoms with E-state index in [1.165, 1.54) is 6.07 Å². The predicted octanol–water partition coefficient (Wildman–Crippen LogP) is 5.55. The van der Waals surface area contributed by atoms with E-state index in [-0.39, 0.29) is 22.3 Å². The average molecular weight is 394 g/mol. The van der Waals surface area contributed by atoms with Gasteiger partial charge in [-0.1, -0.05) is 34.1 Å². The van der Waals surface area contributed by atoms with Crippen LogP contribution in [0.2, 0.25) is 0 Å². The van der Waals surface area contributed by atoms with Gasteiger partial charge in [0.15, 0.2) is 0 Å². The highest BCUT2D eigenvalue weighted by Crippen LogP contribution is 2.32. The first-order valence-corrected chi connectivity index (χ1v) is 7.22. The molecule has 0 heterocycles. The molecular formula is C14H9Br2F3. The molecule has 1 atom stereocenters. The van der Waals surface area contributed by atoms with Crippen LogP contribution in [-0.2, 0) is 6.42 Å². The molecule has 0 nitrogen and oxygen atoms in total. The monoisotopic (exact) mass is 392 g/mol. The molecule has 2 aromatic carbocycles. The van der Waals surface area contributed by atoms with Crippen LogP contribution >= 0.6 is 31.9 Å². The Morgan fingerprint density at radius 2 is 1.63 bits per heavy atom. The van der Waals surface area contributed by atoms with Gasteiger partial charge in [0.25, 0.3) is 0 Å². The molecular weight excluding hydrogens is 385 g/mol. The maximum absolute atomic E-state index is 13.8. The van der Waals surface area contributed by atoms with Gasteiger partial charge >= 0.3 is 0 Å². The van der Waals surface area contributed by atoms with Crippen molar-refractivity contribution in [3.8, 4) is 0 Å². The highest BCUT2D eigenvalue weighted by molar-refractivity contribution is 9.10. The minimum atomic E-state index is -0.547. The molecule has 0 aromatic heterocycles. The lowest BCUT2D eigenvalue weighted by Gasteiger charge is -2.12. The normalized spacial score (nSPS) is 12.5. The fraction of sp³-hybridized carbons (Fsp3) is 0.143. The summed E-state index contributed by atoms with van der Waals surface area (Å²) >= 11 is 6.20. The molecule has 2 aromatic rings. The summed E-state index contributed by atoms with van der Waals surface area (Å²) in [6, 6.07) is 8.43. The highest BCUT2D eigenvalue weighted by atomic mass is 79.9. The number of alkyl halides is 1. The average Bonchev–Trinajstić information content (AvgIpc) is 2.36. The van der Waals surface area contributed by atoms with E-state index < -0.39 is 16.5 Å². The summed E-state index contributed by atoms with van der Waals surface area (Å²) < 4.78 is 40.8. The molecule has 5 heteroatoms. The lowest BCUT2D eigenvalue weighted by Crippen LogP contribution is -2.01. The van der Waals surface area contributed by atoms with E-state index >= 15 is 0 Å². The summed E-state index contributed by atoms with van der Waals surface area (Å²) in [6.45, 7) is 0. The van der Waals surface area contributed by atoms with Crippen LogP contribution in [0.25, 0.3) is 0 Å². The zero-order valence-electron chi connectivity index (χ0n) is 9.64. The van der Waals surface area contributed by atoms with Gasteiger partial charge in [0.05, 0.1) is 4.47 Å². The summed E-state index contributed by atoms with van der Waals surface area (Å²) in [5.74, 6) is -1.44. The molecule has 0 saturated heterocycles. The van der Waals surface area contributed by atoms with E-state index in [9.17, 15) is 13.2 Å². The van der Waals surface area contributed by atoms with Gasteiger partial charge in [-0.3, -0.25) is 0 Å². The Kier molecular flexibility index (Phi) is 4.68. The SMILES string of the molecule is Fc1cc(C(Br)Cc2ccccc2F)c(F)cc1Br. The minimum absolute atomic E-state index is 0.0688. The first kappa shape index (κ1) is 14.6. The molecule has 0 aliphatic heterocycles. The van der Waals surface area contributed by atoms with Crippen molar-refractivity contribution in [3.05, 3.63) is 69.4 Å². The van der Waals surface area contributed by atoms with Crippen molar-refractivity contribution < 1.29 is 13.2 Å². The van der Waals surface area contributed by atoms with Crippen molar-refractivity contribution in [1.29, 1.82) is 0 Å². The molecule has 0 bridgehead atoms. The fourth-order valence-corrected chi connectivity index (χ4v) is 2.76. The third-order valence-electron chi connectivity index (χ3n) is 2.73. The molecule has 0 N–H and O–H groups in total. The Bertz CT molecular complexity index is 599. The van der Waals surface area contributed by atoms with Crippen LogP contribution in [0.4, 0.5) is 13.2 Å². The molecule has 0 aliphatic carbocycles. The second-order valence-electron chi connectivity index (χ2n) is 4.05. The summed E-state index contributed by atoms with van der Waals surface area (Å²) in [5, 5.41) is 0. The lowest BCUT2D eigenvalue weighted by atomic mass is 10.0. The van der Waals surface area contributed by atoms with E-state index in [1.54, 1.807) is 18.2 Å². The summed E-state index contributed by atoms with van der Waals surface area (Å²) in [7, 11) is 0. The van der Waals surface area contributed by atoms with Gasteiger partial charge in [0.1, 0.15) is 17.5 Å². The van der Waals surface area contributed by atoms with Crippen LogP contribution in [-0.4, -0.2) is 0 Å². The molecule has 2 rings (SSSR count). The van der Waals surface area contributed by atoms with Crippen molar-refractivity contribution in [3.63, 3.8) is 0 Å². The summed E-state index contributed by atoms with van der Waals surface area (Å²) in [6.07, 6.45) is 0.241. The minimum Gasteiger partial charge on any atom is -0.207 e. The van der Waals surface area contributed by atoms with Gasteiger partial charge in [0, 0.05) is 10.4 Å². The first-order valence-electron chi connectivity index (χ1n) is 5.51. The molecule has 0 saturated carbocycles. The van der Waals surface area contributed by atoms with Crippen molar-refractivity contribution in [2.75, 3.05) is 0 Å². The summed E-state index contributed by atoms with van der Waals surface area (Å²) in [4.78, 5) is -0.494. The van der Waals surface area contributed by atoms with E-state index in [0.717, 1.165) is 12.1 Å². The number of halogens is 5. The summed E-state index contributed by atoms with van der Waals surface area (Å²) in [5.41, 5.74) is 0.621. The van der Waals surface area contributed by atoms with Crippen LogP contribution in [0.5, 0.6) is 0 Å². The Hall–Kier alpha value is -0.810. The van der Waals surface area contributed by atoms with E-state index in [0.29, 0.717) is 5.56 Å². The second-order valence-corrected chi connectivity index (χ2v) is 6.01. The number of benzene rings is 2. The van der Waals surface area contributed by atoms with Crippen LogP contribution in [0.1, 0.15) is 16.0 Å². The maximum Gasteiger partial charge on any atom is 0.137 e. The van der Waals surface area contributed by atoms with Gasteiger partial charge in [-0.25, -0.2) is 13.2 Å². The lowest BCUT2D eigenvalue weighted by molar-refractivity contribution is 0.574. The fourth-order valence-electron chi connectivity index (χ4n) is 1.74. The van der Waals surface area contributed by atoms with Gasteiger partial charge in [-0.15, -0.1) is 0 Å². The van der Waals surface area contributed by atoms with Crippen molar-refractivity contribution in [1.82, 2.24) is 0 Å². The Morgan fingerprint density at radius 1 is 0.947 bits per heavy atom. The van der Waals surface area contributed by atoms with Crippen LogP contribution < -0.4 is 0 Å². The number of hydrogen-bond acceptors (Lipinski definition) is 0. The Balaban J connectivity index is 2.28. The Labute approximate surface area is 125 Å². The molecule has 0 fully saturated rings. The van der Waals surface area contributed by atoms with Crippen LogP contribution in [0.3, 0.4) is 0 Å². The predicted molar refractivity (Wildman–Crippen MR) is 75.8 cm³/mol. The smallest absolute Gasteiger partial charge is 0.137 e. The molecule has 0 aliphatic rings. The molecule has 100 valence electrons. The third-order valence-corrected chi connectivity index (χ3v) is 4.16. The highest BCUT2D eigenvalue weighted by Gasteiger charge is 2.17. The van der Waals surface area contributed by atoms with Crippen molar-refractivity contribution >= 4 is 31.9 Å². The molecule has 1 unspecified atom stereocenters. The zero-order chi connectivity index (χ0) is 14.0. The van der Waals surface area contributed by atoms with Crippen LogP contribution in [0, 0.1) is 17.5 Å². The van der Waals surface area contributed by atoms with E-state index in [2.05, 4.69) is 31.9 Å². The van der Waals surface area contributed by atoms with Crippen molar-refractivity contribution in [2.24, 2.45) is 0 Å². The van der Waals surface area contributed by atoms with Gasteiger partial charge in [-0.05, 0) is 46.1 Å². The quantitative estimate of drug-likeness (QED) is 0.474. The maximum atomic E-state index is 13.8. The van der Waals surface area contributed by atoms with E-state index in [1.807, 2.05) is 0 Å². The Morgan fingerprint density at radius 3 is 2.32 bits per heavy atom. The van der Waals surface area contributed by atoms with Gasteiger partial charge in [0.2, 0.25) is 0 Å². The second kappa shape index (κ2) is 6.09.